The van der Waals surface area contributed by atoms with Gasteiger partial charge in [0.15, 0.2) is 0 Å². The van der Waals surface area contributed by atoms with Crippen molar-refractivity contribution in [1.29, 1.82) is 0 Å². The largest absolute Gasteiger partial charge is 0.481 e. The van der Waals surface area contributed by atoms with Crippen molar-refractivity contribution in [3.05, 3.63) is 5.82 Å². The average Bonchev–Trinajstić information content (AvgIpc) is 2.98. The molecule has 0 spiro atoms. The van der Waals surface area contributed by atoms with Crippen LogP contribution in [0.3, 0.4) is 0 Å². The Hall–Kier alpha value is -1.17. The maximum atomic E-state index is 10.8. The first-order valence-corrected chi connectivity index (χ1v) is 6.65. The summed E-state index contributed by atoms with van der Waals surface area (Å²) in [4.78, 5) is 15.2. The Morgan fingerprint density at radius 3 is 2.82 bits per heavy atom. The third kappa shape index (κ3) is 3.39. The molecule has 1 aliphatic rings. The first-order valence-electron chi connectivity index (χ1n) is 5.88. The van der Waals surface area contributed by atoms with E-state index in [0.29, 0.717) is 5.92 Å². The Morgan fingerprint density at radius 2 is 2.29 bits per heavy atom. The lowest BCUT2D eigenvalue weighted by molar-refractivity contribution is -0.137. The minimum absolute atomic E-state index is 0.0903. The van der Waals surface area contributed by atoms with E-state index in [0.717, 1.165) is 11.0 Å². The topological polar surface area (TPSA) is 75.1 Å². The molecule has 1 atom stereocenters. The lowest BCUT2D eigenvalue weighted by Gasteiger charge is -2.19. The molecule has 0 radical (unpaired) electrons. The molecule has 0 bridgehead atoms. The van der Waals surface area contributed by atoms with Gasteiger partial charge in [0.05, 0.1) is 6.42 Å². The monoisotopic (exact) mass is 255 g/mol. The van der Waals surface area contributed by atoms with Crippen molar-refractivity contribution in [3.63, 3.8) is 0 Å². The zero-order chi connectivity index (χ0) is 12.4. The molecular weight excluding hydrogens is 238 g/mol. The zero-order valence-corrected chi connectivity index (χ0v) is 10.8. The molecule has 1 fully saturated rings. The van der Waals surface area contributed by atoms with Crippen LogP contribution in [0.2, 0.25) is 0 Å². The third-order valence-corrected chi connectivity index (χ3v) is 3.55. The summed E-state index contributed by atoms with van der Waals surface area (Å²) in [6, 6.07) is -0.0903. The van der Waals surface area contributed by atoms with Crippen molar-refractivity contribution in [1.82, 2.24) is 9.36 Å². The minimum atomic E-state index is -0.789. The average molecular weight is 255 g/mol. The molecule has 0 amide bonds. The van der Waals surface area contributed by atoms with E-state index in [9.17, 15) is 4.79 Å². The van der Waals surface area contributed by atoms with Gasteiger partial charge in [0, 0.05) is 23.5 Å². The summed E-state index contributed by atoms with van der Waals surface area (Å²) < 4.78 is 4.29. The quantitative estimate of drug-likeness (QED) is 0.816. The van der Waals surface area contributed by atoms with Gasteiger partial charge in [-0.25, -0.2) is 4.98 Å². The number of hydrogen-bond acceptors (Lipinski definition) is 5. The Morgan fingerprint density at radius 1 is 1.59 bits per heavy atom. The Kier molecular flexibility index (Phi) is 3.61. The van der Waals surface area contributed by atoms with Crippen molar-refractivity contribution in [3.8, 4) is 0 Å². The van der Waals surface area contributed by atoms with Crippen LogP contribution in [0.25, 0.3) is 0 Å². The third-order valence-electron chi connectivity index (χ3n) is 2.89. The fraction of sp³-hybridized carbons (Fsp3) is 0.727. The van der Waals surface area contributed by atoms with E-state index in [1.54, 1.807) is 0 Å². The van der Waals surface area contributed by atoms with Gasteiger partial charge >= 0.3 is 5.97 Å². The number of carbonyl (C=O) groups is 1. The van der Waals surface area contributed by atoms with Crippen LogP contribution in [0.5, 0.6) is 0 Å². The van der Waals surface area contributed by atoms with Gasteiger partial charge in [-0.3, -0.25) is 4.79 Å². The number of rotatable bonds is 6. The smallest absolute Gasteiger partial charge is 0.305 e. The standard InChI is InChI=1S/C11H17N3O2S/c1-6(2)8(5-9(15)16)12-11-13-10(14-17-11)7-3-4-7/h6-8H,3-5H2,1-2H3,(H,15,16)(H,12,13,14). The zero-order valence-electron chi connectivity index (χ0n) is 10.0. The predicted octanol–water partition coefficient (Wildman–Crippen LogP) is 2.33. The Labute approximate surface area is 104 Å². The van der Waals surface area contributed by atoms with E-state index < -0.39 is 5.97 Å². The number of aromatic nitrogens is 2. The summed E-state index contributed by atoms with van der Waals surface area (Å²) >= 11 is 1.33. The molecule has 17 heavy (non-hydrogen) atoms. The van der Waals surface area contributed by atoms with Crippen LogP contribution >= 0.6 is 11.5 Å². The first-order chi connectivity index (χ1) is 8.06. The van der Waals surface area contributed by atoms with E-state index in [1.165, 1.54) is 24.4 Å². The number of carboxylic acid groups (broad SMARTS) is 1. The van der Waals surface area contributed by atoms with Gasteiger partial charge in [-0.15, -0.1) is 0 Å². The van der Waals surface area contributed by atoms with Crippen LogP contribution in [0.15, 0.2) is 0 Å². The molecule has 6 heteroatoms. The second-order valence-corrected chi connectivity index (χ2v) is 5.58. The summed E-state index contributed by atoms with van der Waals surface area (Å²) in [5.41, 5.74) is 0. The molecule has 0 saturated heterocycles. The van der Waals surface area contributed by atoms with Gasteiger partial charge in [-0.05, 0) is 18.8 Å². The summed E-state index contributed by atoms with van der Waals surface area (Å²) in [5, 5.41) is 12.8. The molecule has 0 aromatic carbocycles. The van der Waals surface area contributed by atoms with Crippen molar-refractivity contribution in [2.45, 2.75) is 45.1 Å². The number of carboxylic acids is 1. The van der Waals surface area contributed by atoms with Gasteiger partial charge in [-0.1, -0.05) is 13.8 Å². The van der Waals surface area contributed by atoms with E-state index >= 15 is 0 Å². The molecule has 1 unspecified atom stereocenters. The lowest BCUT2D eigenvalue weighted by Crippen LogP contribution is -2.28. The van der Waals surface area contributed by atoms with Crippen LogP contribution in [-0.4, -0.2) is 26.5 Å². The van der Waals surface area contributed by atoms with Crippen LogP contribution in [-0.2, 0) is 4.79 Å². The van der Waals surface area contributed by atoms with Crippen molar-refractivity contribution < 1.29 is 9.90 Å². The molecule has 5 nitrogen and oxygen atoms in total. The number of nitrogens with zero attached hydrogens (tertiary/aromatic N) is 2. The van der Waals surface area contributed by atoms with Crippen LogP contribution < -0.4 is 5.32 Å². The van der Waals surface area contributed by atoms with E-state index in [4.69, 9.17) is 5.11 Å². The Bertz CT molecular complexity index is 401. The molecule has 1 saturated carbocycles. The molecule has 2 N–H and O–H groups in total. The van der Waals surface area contributed by atoms with E-state index in [2.05, 4.69) is 14.7 Å². The van der Waals surface area contributed by atoms with E-state index in [1.807, 2.05) is 13.8 Å². The normalized spacial score (nSPS) is 17.1. The molecule has 1 heterocycles. The highest BCUT2D eigenvalue weighted by atomic mass is 32.1. The SMILES string of the molecule is CC(C)C(CC(=O)O)Nc1nc(C2CC2)ns1. The Balaban J connectivity index is 1.97. The number of aliphatic carboxylic acids is 1. The fourth-order valence-corrected chi connectivity index (χ4v) is 2.31. The first kappa shape index (κ1) is 12.3. The van der Waals surface area contributed by atoms with Crippen LogP contribution in [0.4, 0.5) is 5.13 Å². The van der Waals surface area contributed by atoms with Crippen molar-refractivity contribution in [2.24, 2.45) is 5.92 Å². The molecule has 1 aromatic rings. The number of anilines is 1. The van der Waals surface area contributed by atoms with Crippen LogP contribution in [0, 0.1) is 5.92 Å². The number of hydrogen-bond donors (Lipinski definition) is 2. The van der Waals surface area contributed by atoms with Crippen LogP contribution in [0.1, 0.15) is 44.9 Å². The lowest BCUT2D eigenvalue weighted by atomic mass is 10.0. The molecule has 1 aromatic heterocycles. The fourth-order valence-electron chi connectivity index (χ4n) is 1.60. The van der Waals surface area contributed by atoms with Gasteiger partial charge < -0.3 is 10.4 Å². The minimum Gasteiger partial charge on any atom is -0.481 e. The maximum Gasteiger partial charge on any atom is 0.305 e. The highest BCUT2D eigenvalue weighted by Crippen LogP contribution is 2.39. The molecule has 2 rings (SSSR count). The predicted molar refractivity (Wildman–Crippen MR) is 66.4 cm³/mol. The van der Waals surface area contributed by atoms with E-state index in [-0.39, 0.29) is 18.4 Å². The van der Waals surface area contributed by atoms with Crippen molar-refractivity contribution >= 4 is 22.6 Å². The maximum absolute atomic E-state index is 10.8. The van der Waals surface area contributed by atoms with Gasteiger partial charge in [0.2, 0.25) is 5.13 Å². The summed E-state index contributed by atoms with van der Waals surface area (Å²) in [6.45, 7) is 4.01. The molecule has 1 aliphatic carbocycles. The summed E-state index contributed by atoms with van der Waals surface area (Å²) in [6.07, 6.45) is 2.47. The molecule has 94 valence electrons. The van der Waals surface area contributed by atoms with Gasteiger partial charge in [0.1, 0.15) is 5.82 Å². The summed E-state index contributed by atoms with van der Waals surface area (Å²) in [5.74, 6) is 0.914. The van der Waals surface area contributed by atoms with Gasteiger partial charge in [0.25, 0.3) is 0 Å². The summed E-state index contributed by atoms with van der Waals surface area (Å²) in [7, 11) is 0. The van der Waals surface area contributed by atoms with Crippen molar-refractivity contribution in [2.75, 3.05) is 5.32 Å². The van der Waals surface area contributed by atoms with Gasteiger partial charge in [-0.2, -0.15) is 4.37 Å². The molecular formula is C11H17N3O2S. The second-order valence-electron chi connectivity index (χ2n) is 4.82. The second kappa shape index (κ2) is 5.00. The highest BCUT2D eigenvalue weighted by molar-refractivity contribution is 7.09. The molecule has 0 aliphatic heterocycles. The highest BCUT2D eigenvalue weighted by Gasteiger charge is 2.28. The number of nitrogens with one attached hydrogen (secondary N) is 1.